The van der Waals surface area contributed by atoms with Crippen molar-refractivity contribution in [2.75, 3.05) is 4.90 Å². The second-order valence-electron chi connectivity index (χ2n) is 16.1. The fraction of sp³-hybridized carbons (Fsp3) is 0.0508. The van der Waals surface area contributed by atoms with E-state index in [9.17, 15) is 0 Å². The summed E-state index contributed by atoms with van der Waals surface area (Å²) in [6.45, 7) is 6.81. The molecule has 0 atom stereocenters. The van der Waals surface area contributed by atoms with Gasteiger partial charge in [-0.2, -0.15) is 0 Å². The Bertz CT molecular complexity index is 3380. The van der Waals surface area contributed by atoms with E-state index in [1.54, 1.807) is 0 Å². The molecule has 0 unspecified atom stereocenters. The maximum atomic E-state index is 4.64. The molecular weight excluding hydrogens is 723 g/mol. The Morgan fingerprint density at radius 1 is 0.450 bits per heavy atom. The van der Waals surface area contributed by atoms with Crippen LogP contribution in [0.25, 0.3) is 87.2 Å². The van der Waals surface area contributed by atoms with Gasteiger partial charge in [0.25, 0.3) is 0 Å². The van der Waals surface area contributed by atoms with Crippen molar-refractivity contribution in [1.82, 2.24) is 0 Å². The topological polar surface area (TPSA) is 3.24 Å². The molecule has 284 valence electrons. The fourth-order valence-corrected chi connectivity index (χ4v) is 9.58. The van der Waals surface area contributed by atoms with E-state index in [2.05, 4.69) is 225 Å². The average Bonchev–Trinajstić information content (AvgIpc) is 3.31. The molecule has 0 aromatic heterocycles. The highest BCUT2D eigenvalue weighted by Crippen LogP contribution is 2.47. The molecule has 0 heterocycles. The van der Waals surface area contributed by atoms with Gasteiger partial charge in [0.05, 0.1) is 0 Å². The number of hydrogen-bond acceptors (Lipinski definition) is 1. The number of aryl methyl sites for hydroxylation is 1. The Balaban J connectivity index is 1.11. The van der Waals surface area contributed by atoms with Crippen molar-refractivity contribution in [1.29, 1.82) is 0 Å². The number of para-hydroxylation sites is 1. The largest absolute Gasteiger partial charge is 0.310 e. The van der Waals surface area contributed by atoms with E-state index in [-0.39, 0.29) is 0 Å². The van der Waals surface area contributed by atoms with Gasteiger partial charge in [-0.1, -0.05) is 176 Å². The zero-order valence-corrected chi connectivity index (χ0v) is 33.7. The molecule has 1 aliphatic carbocycles. The minimum absolute atomic E-state index is 0.986. The first-order valence-corrected chi connectivity index (χ1v) is 21.0. The molecule has 0 N–H and O–H groups in total. The Morgan fingerprint density at radius 3 is 1.90 bits per heavy atom. The van der Waals surface area contributed by atoms with Crippen molar-refractivity contribution < 1.29 is 0 Å². The summed E-state index contributed by atoms with van der Waals surface area (Å²) in [6, 6.07) is 69.5. The lowest BCUT2D eigenvalue weighted by Gasteiger charge is -2.30. The lowest BCUT2D eigenvalue weighted by Crippen LogP contribution is -2.18. The molecule has 10 aromatic rings. The zero-order chi connectivity index (χ0) is 40.2. The van der Waals surface area contributed by atoms with Crippen molar-refractivity contribution in [2.45, 2.75) is 19.8 Å². The van der Waals surface area contributed by atoms with Crippen LogP contribution in [0.4, 0.5) is 11.4 Å². The summed E-state index contributed by atoms with van der Waals surface area (Å²) in [5.41, 5.74) is 13.0. The molecule has 1 aliphatic rings. The summed E-state index contributed by atoms with van der Waals surface area (Å²) in [5, 5.41) is 12.6. The molecule has 0 amide bonds. The smallest absolute Gasteiger partial charge is 0.0490 e. The first-order chi connectivity index (χ1) is 29.6. The van der Waals surface area contributed by atoms with Gasteiger partial charge in [0.1, 0.15) is 0 Å². The van der Waals surface area contributed by atoms with Gasteiger partial charge in [-0.25, -0.2) is 0 Å². The van der Waals surface area contributed by atoms with Crippen molar-refractivity contribution in [2.24, 2.45) is 0 Å². The normalized spacial score (nSPS) is 12.7. The van der Waals surface area contributed by atoms with Crippen LogP contribution in [0.5, 0.6) is 0 Å². The summed E-state index contributed by atoms with van der Waals surface area (Å²) < 4.78 is 0. The lowest BCUT2D eigenvalue weighted by molar-refractivity contribution is 1.01. The van der Waals surface area contributed by atoms with E-state index < -0.39 is 0 Å². The molecule has 0 saturated carbocycles. The van der Waals surface area contributed by atoms with E-state index in [0.717, 1.165) is 29.9 Å². The number of hydrogen-bond donors (Lipinski definition) is 0. The van der Waals surface area contributed by atoms with Crippen LogP contribution in [0.15, 0.2) is 224 Å². The monoisotopic (exact) mass is 765 g/mol. The number of allylic oxidation sites excluding steroid dienone is 3. The molecule has 0 radical (unpaired) electrons. The SMILES string of the molecule is C=C(C1=CCCC=C1)N(c1ccc(-c2ccc3c(-c4cccc5c4ccc4cc6ccccc6cc45)c4ccccc4c(-c4ccccc4)c3c2)cc1)c1ccccc1C. The molecule has 1 nitrogen and oxygen atoms in total. The first-order valence-electron chi connectivity index (χ1n) is 21.0. The predicted octanol–water partition coefficient (Wildman–Crippen LogP) is 16.7. The van der Waals surface area contributed by atoms with Gasteiger partial charge in [0.15, 0.2) is 0 Å². The van der Waals surface area contributed by atoms with E-state index >= 15 is 0 Å². The van der Waals surface area contributed by atoms with E-state index in [1.165, 1.54) is 98.4 Å². The summed E-state index contributed by atoms with van der Waals surface area (Å²) >= 11 is 0. The summed E-state index contributed by atoms with van der Waals surface area (Å²) in [7, 11) is 0. The summed E-state index contributed by atoms with van der Waals surface area (Å²) in [4.78, 5) is 2.31. The maximum absolute atomic E-state index is 4.64. The van der Waals surface area contributed by atoms with Crippen molar-refractivity contribution in [3.05, 3.63) is 230 Å². The first kappa shape index (κ1) is 35.7. The van der Waals surface area contributed by atoms with Crippen LogP contribution in [0, 0.1) is 6.92 Å². The molecule has 0 spiro atoms. The second kappa shape index (κ2) is 14.7. The van der Waals surface area contributed by atoms with Crippen LogP contribution in [-0.2, 0) is 0 Å². The maximum Gasteiger partial charge on any atom is 0.0490 e. The molecular formula is C59H43N. The van der Waals surface area contributed by atoms with E-state index in [4.69, 9.17) is 0 Å². The van der Waals surface area contributed by atoms with Gasteiger partial charge >= 0.3 is 0 Å². The van der Waals surface area contributed by atoms with Gasteiger partial charge < -0.3 is 4.90 Å². The van der Waals surface area contributed by atoms with Gasteiger partial charge in [-0.15, -0.1) is 0 Å². The van der Waals surface area contributed by atoms with Crippen LogP contribution in [0.2, 0.25) is 0 Å². The highest BCUT2D eigenvalue weighted by molar-refractivity contribution is 6.25. The zero-order valence-electron chi connectivity index (χ0n) is 33.7. The van der Waals surface area contributed by atoms with Crippen molar-refractivity contribution in [3.63, 3.8) is 0 Å². The molecule has 0 fully saturated rings. The van der Waals surface area contributed by atoms with Crippen molar-refractivity contribution in [3.8, 4) is 33.4 Å². The van der Waals surface area contributed by atoms with Crippen LogP contribution >= 0.6 is 0 Å². The average molecular weight is 766 g/mol. The molecule has 60 heavy (non-hydrogen) atoms. The molecule has 1 heteroatoms. The predicted molar refractivity (Wildman–Crippen MR) is 259 cm³/mol. The molecule has 11 rings (SSSR count). The quantitative estimate of drug-likeness (QED) is 0.115. The van der Waals surface area contributed by atoms with Gasteiger partial charge in [-0.3, -0.25) is 0 Å². The lowest BCUT2D eigenvalue weighted by atomic mass is 9.83. The van der Waals surface area contributed by atoms with Crippen LogP contribution < -0.4 is 4.90 Å². The second-order valence-corrected chi connectivity index (χ2v) is 16.1. The fourth-order valence-electron chi connectivity index (χ4n) is 9.58. The van der Waals surface area contributed by atoms with E-state index in [1.807, 2.05) is 0 Å². The minimum atomic E-state index is 0.986. The number of nitrogens with zero attached hydrogens (tertiary/aromatic N) is 1. The van der Waals surface area contributed by atoms with Gasteiger partial charge in [0, 0.05) is 17.1 Å². The van der Waals surface area contributed by atoms with Crippen LogP contribution in [-0.4, -0.2) is 0 Å². The standard InChI is InChI=1S/C59H43N/c1-39-16-9-14-27-57(39)60(40(2)41-17-5-3-6-18-41)48-32-28-42(29-33-48)46-30-35-54-56(38-46)58(43-19-7-4-8-20-43)52-23-12-13-24-53(52)59(54)51-26-15-25-49-50(51)34-31-47-36-44-21-10-11-22-45(44)37-55(47)49/h4-5,7-38H,2-3,6H2,1H3. The molecule has 0 bridgehead atoms. The van der Waals surface area contributed by atoms with Crippen LogP contribution in [0.3, 0.4) is 0 Å². The third-order valence-electron chi connectivity index (χ3n) is 12.5. The van der Waals surface area contributed by atoms with Gasteiger partial charge in [0.2, 0.25) is 0 Å². The third-order valence-corrected chi connectivity index (χ3v) is 12.5. The number of fused-ring (bicyclic) bond motifs is 6. The number of anilines is 2. The van der Waals surface area contributed by atoms with E-state index in [0.29, 0.717) is 0 Å². The molecule has 0 saturated heterocycles. The Kier molecular flexibility index (Phi) is 8.75. The minimum Gasteiger partial charge on any atom is -0.310 e. The summed E-state index contributed by atoms with van der Waals surface area (Å²) in [6.07, 6.45) is 8.87. The summed E-state index contributed by atoms with van der Waals surface area (Å²) in [5.74, 6) is 0. The van der Waals surface area contributed by atoms with Gasteiger partial charge in [-0.05, 0) is 155 Å². The van der Waals surface area contributed by atoms with Crippen molar-refractivity contribution >= 4 is 65.2 Å². The Labute approximate surface area is 351 Å². The highest BCUT2D eigenvalue weighted by atomic mass is 15.1. The Morgan fingerprint density at radius 2 is 1.12 bits per heavy atom. The number of benzene rings is 10. The van der Waals surface area contributed by atoms with Crippen LogP contribution in [0.1, 0.15) is 18.4 Å². The third kappa shape index (κ3) is 6.01. The molecule has 10 aromatic carbocycles. The highest BCUT2D eigenvalue weighted by Gasteiger charge is 2.21. The molecule has 0 aliphatic heterocycles. The Hall–Kier alpha value is -7.48. The number of rotatable bonds is 7.